The van der Waals surface area contributed by atoms with Gasteiger partial charge in [0.05, 0.1) is 35.3 Å². The van der Waals surface area contributed by atoms with Crippen molar-refractivity contribution in [1.82, 2.24) is 24.6 Å². The van der Waals surface area contributed by atoms with Crippen molar-refractivity contribution in [3.63, 3.8) is 0 Å². The van der Waals surface area contributed by atoms with Gasteiger partial charge < -0.3 is 10.0 Å². The number of hydrogen-bond acceptors (Lipinski definition) is 5. The molecular weight excluding hydrogens is 266 g/mol. The first-order valence-electron chi connectivity index (χ1n) is 5.89. The van der Waals surface area contributed by atoms with E-state index in [4.69, 9.17) is 11.6 Å². The number of hydrogen-bond donors (Lipinski definition) is 1. The molecule has 1 unspecified atom stereocenters. The van der Waals surface area contributed by atoms with Crippen molar-refractivity contribution in [2.75, 3.05) is 20.6 Å². The van der Waals surface area contributed by atoms with E-state index >= 15 is 0 Å². The Morgan fingerprint density at radius 1 is 1.37 bits per heavy atom. The van der Waals surface area contributed by atoms with Gasteiger partial charge in [0.1, 0.15) is 6.10 Å². The first-order chi connectivity index (χ1) is 9.09. The van der Waals surface area contributed by atoms with Crippen LogP contribution in [0.15, 0.2) is 24.8 Å². The van der Waals surface area contributed by atoms with Crippen LogP contribution in [0.5, 0.6) is 0 Å². The molecule has 2 rings (SSSR count). The molecule has 0 aromatic carbocycles. The number of rotatable bonds is 5. The lowest BCUT2D eigenvalue weighted by Gasteiger charge is -2.15. The molecule has 0 bridgehead atoms. The summed E-state index contributed by atoms with van der Waals surface area (Å²) in [4.78, 5) is 10.1. The Morgan fingerprint density at radius 2 is 2.16 bits per heavy atom. The fraction of sp³-hybridized carbons (Fsp3) is 0.417. The summed E-state index contributed by atoms with van der Waals surface area (Å²) in [6, 6.07) is 0. The number of halogens is 1. The molecule has 19 heavy (non-hydrogen) atoms. The predicted octanol–water partition coefficient (Wildman–Crippen LogP) is 0.970. The molecule has 2 aromatic rings. The van der Waals surface area contributed by atoms with Gasteiger partial charge in [-0.05, 0) is 14.1 Å². The Labute approximate surface area is 116 Å². The Balaban J connectivity index is 2.26. The van der Waals surface area contributed by atoms with Crippen molar-refractivity contribution >= 4 is 11.6 Å². The summed E-state index contributed by atoms with van der Waals surface area (Å²) in [6.07, 6.45) is 5.22. The Morgan fingerprint density at radius 3 is 2.79 bits per heavy atom. The molecular formula is C12H16ClN5O. The monoisotopic (exact) mass is 281 g/mol. The molecule has 0 amide bonds. The third-order valence-electron chi connectivity index (χ3n) is 2.71. The van der Waals surface area contributed by atoms with Crippen LogP contribution < -0.4 is 0 Å². The zero-order chi connectivity index (χ0) is 13.8. The second kappa shape index (κ2) is 6.10. The van der Waals surface area contributed by atoms with Crippen LogP contribution in [0, 0.1) is 0 Å². The maximum atomic E-state index is 10.3. The van der Waals surface area contributed by atoms with E-state index in [0.29, 0.717) is 23.0 Å². The molecule has 2 aromatic heterocycles. The molecule has 0 saturated carbocycles. The van der Waals surface area contributed by atoms with Gasteiger partial charge in [-0.2, -0.15) is 5.10 Å². The van der Waals surface area contributed by atoms with Crippen molar-refractivity contribution in [2.45, 2.75) is 12.6 Å². The van der Waals surface area contributed by atoms with Crippen molar-refractivity contribution in [3.05, 3.63) is 41.2 Å². The van der Waals surface area contributed by atoms with Crippen LogP contribution in [0.25, 0.3) is 0 Å². The lowest BCUT2D eigenvalue weighted by Crippen LogP contribution is -2.21. The van der Waals surface area contributed by atoms with Gasteiger partial charge >= 0.3 is 0 Å². The zero-order valence-electron chi connectivity index (χ0n) is 10.9. The van der Waals surface area contributed by atoms with Gasteiger partial charge in [0.2, 0.25) is 0 Å². The average molecular weight is 282 g/mol. The highest BCUT2D eigenvalue weighted by Crippen LogP contribution is 2.26. The van der Waals surface area contributed by atoms with E-state index in [1.165, 1.54) is 18.6 Å². The van der Waals surface area contributed by atoms with Gasteiger partial charge in [-0.1, -0.05) is 11.6 Å². The number of nitrogens with zero attached hydrogens (tertiary/aromatic N) is 5. The normalized spacial score (nSPS) is 12.9. The summed E-state index contributed by atoms with van der Waals surface area (Å²) in [5, 5.41) is 15.0. The lowest BCUT2D eigenvalue weighted by molar-refractivity contribution is 0.200. The molecule has 0 saturated heterocycles. The van der Waals surface area contributed by atoms with Crippen LogP contribution in [0.2, 0.25) is 5.02 Å². The molecule has 0 radical (unpaired) electrons. The maximum absolute atomic E-state index is 10.3. The zero-order valence-corrected chi connectivity index (χ0v) is 11.6. The lowest BCUT2D eigenvalue weighted by atomic mass is 10.2. The molecule has 6 nitrogen and oxygen atoms in total. The molecule has 7 heteroatoms. The highest BCUT2D eigenvalue weighted by atomic mass is 35.5. The Bertz CT molecular complexity index is 528. The van der Waals surface area contributed by atoms with Gasteiger partial charge in [0.25, 0.3) is 0 Å². The summed E-state index contributed by atoms with van der Waals surface area (Å²) >= 11 is 6.10. The average Bonchev–Trinajstić information content (AvgIpc) is 2.78. The number of likely N-dealkylation sites (N-methyl/N-ethyl adjacent to an activating group) is 1. The van der Waals surface area contributed by atoms with Crippen LogP contribution in [0.1, 0.15) is 17.5 Å². The van der Waals surface area contributed by atoms with Gasteiger partial charge in [0.15, 0.2) is 0 Å². The topological polar surface area (TPSA) is 67.1 Å². The quantitative estimate of drug-likeness (QED) is 0.885. The molecule has 0 spiro atoms. The van der Waals surface area contributed by atoms with Crippen LogP contribution in [-0.4, -0.2) is 50.4 Å². The minimum absolute atomic E-state index is 0.428. The smallest absolute Gasteiger partial charge is 0.140 e. The van der Waals surface area contributed by atoms with Crippen molar-refractivity contribution < 1.29 is 5.11 Å². The largest absolute Gasteiger partial charge is 0.380 e. The second-order valence-electron chi connectivity index (χ2n) is 4.44. The highest BCUT2D eigenvalue weighted by molar-refractivity contribution is 6.31. The first-order valence-corrected chi connectivity index (χ1v) is 6.27. The predicted molar refractivity (Wildman–Crippen MR) is 71.9 cm³/mol. The summed E-state index contributed by atoms with van der Waals surface area (Å²) in [5.41, 5.74) is 1.00. The second-order valence-corrected chi connectivity index (χ2v) is 4.84. The molecule has 2 heterocycles. The van der Waals surface area contributed by atoms with Gasteiger partial charge in [-0.25, -0.2) is 0 Å². The first kappa shape index (κ1) is 13.9. The Hall–Kier alpha value is -1.50. The summed E-state index contributed by atoms with van der Waals surface area (Å²) in [5.74, 6) is 0. The third-order valence-corrected chi connectivity index (χ3v) is 3.01. The van der Waals surface area contributed by atoms with E-state index in [2.05, 4.69) is 15.1 Å². The van der Waals surface area contributed by atoms with Crippen LogP contribution in [0.4, 0.5) is 0 Å². The van der Waals surface area contributed by atoms with Crippen LogP contribution in [-0.2, 0) is 6.54 Å². The summed E-state index contributed by atoms with van der Waals surface area (Å²) < 4.78 is 1.70. The number of aliphatic hydroxyl groups excluding tert-OH is 1. The van der Waals surface area contributed by atoms with Crippen molar-refractivity contribution in [1.29, 1.82) is 0 Å². The Kier molecular flexibility index (Phi) is 4.47. The molecule has 0 aliphatic heterocycles. The molecule has 1 atom stereocenters. The fourth-order valence-electron chi connectivity index (χ4n) is 1.71. The molecule has 1 N–H and O–H groups in total. The van der Waals surface area contributed by atoms with Crippen molar-refractivity contribution in [3.8, 4) is 0 Å². The van der Waals surface area contributed by atoms with Gasteiger partial charge in [-0.15, -0.1) is 0 Å². The third kappa shape index (κ3) is 3.28. The minimum atomic E-state index is -0.925. The molecule has 0 fully saturated rings. The van der Waals surface area contributed by atoms with Crippen molar-refractivity contribution in [2.24, 2.45) is 0 Å². The van der Waals surface area contributed by atoms with Gasteiger partial charge in [0, 0.05) is 18.9 Å². The van der Waals surface area contributed by atoms with E-state index in [1.807, 2.05) is 19.0 Å². The van der Waals surface area contributed by atoms with Crippen LogP contribution in [0.3, 0.4) is 0 Å². The SMILES string of the molecule is CN(C)CCn1ncc(Cl)c1C(O)c1cnccn1. The number of aliphatic hydroxyl groups is 1. The standard InChI is InChI=1S/C12H16ClN5O/c1-17(2)5-6-18-11(9(13)7-16-18)12(19)10-8-14-3-4-15-10/h3-4,7-8,12,19H,5-6H2,1-2H3. The molecule has 0 aliphatic rings. The fourth-order valence-corrected chi connectivity index (χ4v) is 1.95. The highest BCUT2D eigenvalue weighted by Gasteiger charge is 2.21. The molecule has 102 valence electrons. The summed E-state index contributed by atoms with van der Waals surface area (Å²) in [7, 11) is 3.95. The van der Waals surface area contributed by atoms with Crippen LogP contribution >= 0.6 is 11.6 Å². The van der Waals surface area contributed by atoms with E-state index in [-0.39, 0.29) is 0 Å². The summed E-state index contributed by atoms with van der Waals surface area (Å²) in [6.45, 7) is 1.45. The van der Waals surface area contributed by atoms with E-state index in [0.717, 1.165) is 6.54 Å². The minimum Gasteiger partial charge on any atom is -0.380 e. The maximum Gasteiger partial charge on any atom is 0.140 e. The van der Waals surface area contributed by atoms with E-state index < -0.39 is 6.10 Å². The van der Waals surface area contributed by atoms with E-state index in [9.17, 15) is 5.11 Å². The van der Waals surface area contributed by atoms with Gasteiger partial charge in [-0.3, -0.25) is 14.6 Å². The van der Waals surface area contributed by atoms with E-state index in [1.54, 1.807) is 10.9 Å². The molecule has 0 aliphatic carbocycles. The number of aromatic nitrogens is 4.